The van der Waals surface area contributed by atoms with Crippen LogP contribution < -0.4 is 10.2 Å². The molecule has 0 saturated carbocycles. The minimum Gasteiger partial charge on any atom is -0.351 e. The molecule has 1 amide bonds. The van der Waals surface area contributed by atoms with Crippen LogP contribution in [0.15, 0.2) is 42.5 Å². The van der Waals surface area contributed by atoms with Crippen molar-refractivity contribution in [1.29, 1.82) is 0 Å². The lowest BCUT2D eigenvalue weighted by molar-refractivity contribution is -0.885. The standard InChI is InChI=1S/C18H19Cl2FN2O/c1-23(11-15-16(20)3-2-4-17(15)21)12-18(24)22-10-9-13-5-7-14(19)8-6-13/h2-8H,9-12H2,1H3,(H,22,24)/p+1. The van der Waals surface area contributed by atoms with E-state index in [1.54, 1.807) is 12.1 Å². The van der Waals surface area contributed by atoms with E-state index in [1.165, 1.54) is 6.07 Å². The molecule has 2 N–H and O–H groups in total. The molecule has 0 fully saturated rings. The molecule has 0 aliphatic rings. The van der Waals surface area contributed by atoms with E-state index in [2.05, 4.69) is 5.32 Å². The number of likely N-dealkylation sites (N-methyl/N-ethyl adjacent to an activating group) is 1. The molecule has 6 heteroatoms. The predicted molar refractivity (Wildman–Crippen MR) is 95.0 cm³/mol. The molecule has 2 aromatic rings. The zero-order valence-electron chi connectivity index (χ0n) is 13.4. The zero-order valence-corrected chi connectivity index (χ0v) is 14.9. The van der Waals surface area contributed by atoms with Gasteiger partial charge in [0, 0.05) is 11.6 Å². The van der Waals surface area contributed by atoms with Crippen LogP contribution in [0.4, 0.5) is 4.39 Å². The normalized spacial score (nSPS) is 12.0. The molecule has 0 aliphatic heterocycles. The first-order valence-electron chi connectivity index (χ1n) is 7.71. The molecule has 0 radical (unpaired) electrons. The highest BCUT2D eigenvalue weighted by molar-refractivity contribution is 6.31. The van der Waals surface area contributed by atoms with Crippen LogP contribution in [0.5, 0.6) is 0 Å². The Morgan fingerprint density at radius 3 is 2.54 bits per heavy atom. The van der Waals surface area contributed by atoms with Crippen molar-refractivity contribution in [2.75, 3.05) is 20.1 Å². The zero-order chi connectivity index (χ0) is 17.5. The van der Waals surface area contributed by atoms with Gasteiger partial charge in [0.25, 0.3) is 5.91 Å². The maximum Gasteiger partial charge on any atom is 0.275 e. The lowest BCUT2D eigenvalue weighted by Crippen LogP contribution is -3.09. The second kappa shape index (κ2) is 9.02. The van der Waals surface area contributed by atoms with Crippen LogP contribution in [0.2, 0.25) is 10.0 Å². The van der Waals surface area contributed by atoms with Gasteiger partial charge in [0.05, 0.1) is 17.6 Å². The maximum atomic E-state index is 13.8. The summed E-state index contributed by atoms with van der Waals surface area (Å²) in [4.78, 5) is 12.8. The Kier molecular flexibility index (Phi) is 7.03. The van der Waals surface area contributed by atoms with E-state index in [0.29, 0.717) is 28.7 Å². The number of amides is 1. The molecule has 0 spiro atoms. The predicted octanol–water partition coefficient (Wildman–Crippen LogP) is 2.51. The third kappa shape index (κ3) is 5.78. The van der Waals surface area contributed by atoms with Gasteiger partial charge in [-0.2, -0.15) is 0 Å². The van der Waals surface area contributed by atoms with Gasteiger partial charge in [-0.05, 0) is 36.2 Å². The number of quaternary nitrogens is 1. The van der Waals surface area contributed by atoms with Crippen LogP contribution in [-0.4, -0.2) is 26.0 Å². The molecule has 0 aromatic heterocycles. The van der Waals surface area contributed by atoms with E-state index in [-0.39, 0.29) is 18.3 Å². The quantitative estimate of drug-likeness (QED) is 0.772. The third-order valence-corrected chi connectivity index (χ3v) is 4.26. The van der Waals surface area contributed by atoms with Gasteiger partial charge in [-0.1, -0.05) is 41.4 Å². The van der Waals surface area contributed by atoms with Crippen molar-refractivity contribution in [3.63, 3.8) is 0 Å². The van der Waals surface area contributed by atoms with E-state index in [0.717, 1.165) is 16.9 Å². The van der Waals surface area contributed by atoms with E-state index < -0.39 is 0 Å². The molecule has 0 heterocycles. The average molecular weight is 370 g/mol. The number of halogens is 3. The van der Waals surface area contributed by atoms with Gasteiger partial charge >= 0.3 is 0 Å². The van der Waals surface area contributed by atoms with Crippen molar-refractivity contribution >= 4 is 29.1 Å². The molecule has 2 rings (SSSR count). The van der Waals surface area contributed by atoms with Crippen molar-refractivity contribution in [1.82, 2.24) is 5.32 Å². The van der Waals surface area contributed by atoms with Crippen molar-refractivity contribution in [3.8, 4) is 0 Å². The molecule has 3 nitrogen and oxygen atoms in total. The van der Waals surface area contributed by atoms with Crippen LogP contribution in [0.25, 0.3) is 0 Å². The van der Waals surface area contributed by atoms with Crippen LogP contribution in [0.1, 0.15) is 11.1 Å². The first-order valence-corrected chi connectivity index (χ1v) is 8.46. The summed E-state index contributed by atoms with van der Waals surface area (Å²) in [6.45, 7) is 1.16. The highest BCUT2D eigenvalue weighted by Crippen LogP contribution is 2.17. The molecule has 2 aromatic carbocycles. The van der Waals surface area contributed by atoms with Crippen LogP contribution in [-0.2, 0) is 17.8 Å². The molecule has 24 heavy (non-hydrogen) atoms. The molecular weight excluding hydrogens is 350 g/mol. The fraction of sp³-hybridized carbons (Fsp3) is 0.278. The SMILES string of the molecule is C[NH+](CC(=O)NCCc1ccc(Cl)cc1)Cc1c(F)cccc1Cl. The fourth-order valence-corrected chi connectivity index (χ4v) is 2.76. The van der Waals surface area contributed by atoms with Crippen molar-refractivity contribution in [3.05, 3.63) is 69.5 Å². The Bertz CT molecular complexity index is 672. The minimum absolute atomic E-state index is 0.0751. The van der Waals surface area contributed by atoms with E-state index in [9.17, 15) is 9.18 Å². The van der Waals surface area contributed by atoms with Gasteiger partial charge < -0.3 is 10.2 Å². The number of nitrogens with one attached hydrogen (secondary N) is 2. The van der Waals surface area contributed by atoms with Gasteiger partial charge in [-0.3, -0.25) is 4.79 Å². The van der Waals surface area contributed by atoms with E-state index >= 15 is 0 Å². The monoisotopic (exact) mass is 369 g/mol. The van der Waals surface area contributed by atoms with Crippen molar-refractivity contribution in [2.45, 2.75) is 13.0 Å². The molecule has 0 aliphatic carbocycles. The minimum atomic E-state index is -0.343. The summed E-state index contributed by atoms with van der Waals surface area (Å²) in [5.41, 5.74) is 1.55. The van der Waals surface area contributed by atoms with Crippen LogP contribution in [0, 0.1) is 5.82 Å². The first-order chi connectivity index (χ1) is 11.5. The number of carbonyl (C=O) groups is 1. The lowest BCUT2D eigenvalue weighted by atomic mass is 10.1. The van der Waals surface area contributed by atoms with Crippen molar-refractivity contribution in [2.24, 2.45) is 0 Å². The van der Waals surface area contributed by atoms with Crippen LogP contribution >= 0.6 is 23.2 Å². The second-order valence-electron chi connectivity index (χ2n) is 5.74. The number of hydrogen-bond donors (Lipinski definition) is 2. The maximum absolute atomic E-state index is 13.8. The number of carbonyl (C=O) groups excluding carboxylic acids is 1. The molecule has 0 bridgehead atoms. The second-order valence-corrected chi connectivity index (χ2v) is 6.58. The highest BCUT2D eigenvalue weighted by atomic mass is 35.5. The van der Waals surface area contributed by atoms with Gasteiger partial charge in [-0.25, -0.2) is 4.39 Å². The first kappa shape index (κ1) is 18.7. The highest BCUT2D eigenvalue weighted by Gasteiger charge is 2.15. The molecule has 1 unspecified atom stereocenters. The smallest absolute Gasteiger partial charge is 0.275 e. The molecule has 1 atom stereocenters. The largest absolute Gasteiger partial charge is 0.351 e. The Morgan fingerprint density at radius 1 is 1.17 bits per heavy atom. The third-order valence-electron chi connectivity index (χ3n) is 3.65. The number of benzene rings is 2. The van der Waals surface area contributed by atoms with Gasteiger partial charge in [0.15, 0.2) is 6.54 Å². The summed E-state index contributed by atoms with van der Waals surface area (Å²) >= 11 is 11.8. The Hall–Kier alpha value is -1.62. The number of rotatable bonds is 7. The van der Waals surface area contributed by atoms with Crippen molar-refractivity contribution < 1.29 is 14.1 Å². The molecule has 128 valence electrons. The van der Waals surface area contributed by atoms with Gasteiger partial charge in [0.1, 0.15) is 12.4 Å². The Labute approximate surface area is 151 Å². The van der Waals surface area contributed by atoms with E-state index in [1.807, 2.05) is 31.3 Å². The summed E-state index contributed by atoms with van der Waals surface area (Å²) in [5, 5.41) is 3.95. The summed E-state index contributed by atoms with van der Waals surface area (Å²) in [6.07, 6.45) is 0.737. The topological polar surface area (TPSA) is 33.5 Å². The summed E-state index contributed by atoms with van der Waals surface area (Å²) in [5.74, 6) is -0.418. The Morgan fingerprint density at radius 2 is 1.88 bits per heavy atom. The summed E-state index contributed by atoms with van der Waals surface area (Å²) < 4.78 is 13.8. The van der Waals surface area contributed by atoms with E-state index in [4.69, 9.17) is 23.2 Å². The summed E-state index contributed by atoms with van der Waals surface area (Å²) in [6, 6.07) is 12.1. The average Bonchev–Trinajstić information content (AvgIpc) is 2.53. The van der Waals surface area contributed by atoms with Crippen LogP contribution in [0.3, 0.4) is 0 Å². The van der Waals surface area contributed by atoms with Gasteiger partial charge in [-0.15, -0.1) is 0 Å². The Balaban J connectivity index is 1.76. The fourth-order valence-electron chi connectivity index (χ4n) is 2.40. The molecule has 0 saturated heterocycles. The summed E-state index contributed by atoms with van der Waals surface area (Å²) in [7, 11) is 1.83. The number of hydrogen-bond acceptors (Lipinski definition) is 1. The molecular formula is C18H20Cl2FN2O+. The lowest BCUT2D eigenvalue weighted by Gasteiger charge is -2.15. The van der Waals surface area contributed by atoms with Gasteiger partial charge in [0.2, 0.25) is 0 Å².